The van der Waals surface area contributed by atoms with Crippen molar-refractivity contribution in [2.75, 3.05) is 14.2 Å². The molecule has 0 amide bonds. The number of methoxy groups -OCH3 is 1. The van der Waals surface area contributed by atoms with Crippen LogP contribution in [0.1, 0.15) is 79.2 Å². The first-order valence-corrected chi connectivity index (χ1v) is 19.5. The molecule has 0 saturated carbocycles. The Hall–Kier alpha value is -3.65. The average molecular weight is 764 g/mol. The second-order valence-electron chi connectivity index (χ2n) is 16.1. The number of nitrogens with zero attached hydrogens (tertiary/aromatic N) is 1. The van der Waals surface area contributed by atoms with Crippen molar-refractivity contribution >= 4 is 17.7 Å². The number of allylic oxidation sites excluding steroid dienone is 2. The van der Waals surface area contributed by atoms with E-state index in [1.54, 1.807) is 49.4 Å². The minimum atomic E-state index is -1.99. The van der Waals surface area contributed by atoms with Crippen LogP contribution in [0.2, 0.25) is 0 Å². The lowest BCUT2D eigenvalue weighted by atomic mass is 9.70. The lowest BCUT2D eigenvalue weighted by molar-refractivity contribution is -0.340. The first-order valence-electron chi connectivity index (χ1n) is 19.5. The number of carbonyl (C=O) groups excluding carboxylic acids is 2. The van der Waals surface area contributed by atoms with Crippen molar-refractivity contribution in [1.29, 1.82) is 0 Å². The van der Waals surface area contributed by atoms with Crippen LogP contribution in [0.4, 0.5) is 0 Å². The van der Waals surface area contributed by atoms with Gasteiger partial charge >= 0.3 is 11.9 Å². The minimum absolute atomic E-state index is 0.0245. The van der Waals surface area contributed by atoms with Gasteiger partial charge in [0.2, 0.25) is 0 Å². The third-order valence-electron chi connectivity index (χ3n) is 11.8. The van der Waals surface area contributed by atoms with E-state index in [1.165, 1.54) is 14.2 Å². The van der Waals surface area contributed by atoms with E-state index < -0.39 is 66.1 Å². The van der Waals surface area contributed by atoms with Gasteiger partial charge in [0.15, 0.2) is 17.8 Å². The fraction of sp³-hybridized carbons (Fsp3) is 0.605. The number of oxime groups is 1. The molecule has 1 aromatic carbocycles. The normalized spacial score (nSPS) is 40.9. The number of rotatable bonds is 6. The SMILES string of the molecule is CO/N=C(/C(=O)OC1/C(C)=C/CC2CC(CC3(CC[C@H](C)C(C(C)C)O3)O2)OC(=O)C2C=C(C)[C@@H](O)C3O[C@@H](OC)/C(=C\C=C\[C@@H]1C)[C@@]23O)c1ccccc1. The topological polar surface area (TPSA) is 152 Å². The number of hydrogen-bond donors (Lipinski definition) is 2. The van der Waals surface area contributed by atoms with Crippen molar-refractivity contribution in [2.24, 2.45) is 28.8 Å². The van der Waals surface area contributed by atoms with Gasteiger partial charge in [0.25, 0.3) is 0 Å². The highest BCUT2D eigenvalue weighted by molar-refractivity contribution is 6.43. The monoisotopic (exact) mass is 763 g/mol. The summed E-state index contributed by atoms with van der Waals surface area (Å²) in [7, 11) is 2.81. The summed E-state index contributed by atoms with van der Waals surface area (Å²) in [6, 6.07) is 8.96. The lowest BCUT2D eigenvalue weighted by Crippen LogP contribution is -2.58. The van der Waals surface area contributed by atoms with Gasteiger partial charge in [-0.1, -0.05) is 93.6 Å². The summed E-state index contributed by atoms with van der Waals surface area (Å²) >= 11 is 0. The number of carbonyl (C=O) groups is 2. The van der Waals surface area contributed by atoms with Crippen LogP contribution in [-0.4, -0.2) is 96.4 Å². The maximum absolute atomic E-state index is 14.4. The summed E-state index contributed by atoms with van der Waals surface area (Å²) in [4.78, 5) is 33.2. The Balaban J connectivity index is 1.43. The first kappa shape index (κ1) is 41.0. The maximum Gasteiger partial charge on any atom is 0.361 e. The van der Waals surface area contributed by atoms with E-state index in [4.69, 9.17) is 33.3 Å². The molecule has 0 aromatic heterocycles. The molecular weight excluding hydrogens is 706 g/mol. The molecule has 12 atom stereocenters. The molecule has 5 aliphatic rings. The molecule has 12 nitrogen and oxygen atoms in total. The van der Waals surface area contributed by atoms with Crippen LogP contribution in [0, 0.1) is 23.7 Å². The van der Waals surface area contributed by atoms with E-state index in [1.807, 2.05) is 32.1 Å². The molecule has 2 bridgehead atoms. The Labute approximate surface area is 324 Å². The van der Waals surface area contributed by atoms with Crippen molar-refractivity contribution in [1.82, 2.24) is 0 Å². The van der Waals surface area contributed by atoms with E-state index in [0.29, 0.717) is 42.7 Å². The van der Waals surface area contributed by atoms with Gasteiger partial charge in [-0.25, -0.2) is 4.79 Å². The Morgan fingerprint density at radius 2 is 1.80 bits per heavy atom. The molecule has 6 rings (SSSR count). The van der Waals surface area contributed by atoms with Crippen LogP contribution in [0.5, 0.6) is 0 Å². The molecule has 1 spiro atoms. The minimum Gasteiger partial charge on any atom is -0.462 e. The van der Waals surface area contributed by atoms with Gasteiger partial charge in [0.1, 0.15) is 43.0 Å². The molecule has 4 aliphatic heterocycles. The Morgan fingerprint density at radius 3 is 2.49 bits per heavy atom. The van der Waals surface area contributed by atoms with E-state index in [2.05, 4.69) is 25.9 Å². The van der Waals surface area contributed by atoms with E-state index in [9.17, 15) is 19.8 Å². The number of ether oxygens (including phenoxy) is 6. The molecule has 4 heterocycles. The van der Waals surface area contributed by atoms with Crippen molar-refractivity contribution in [3.63, 3.8) is 0 Å². The quantitative estimate of drug-likeness (QED) is 0.159. The fourth-order valence-corrected chi connectivity index (χ4v) is 8.91. The molecule has 55 heavy (non-hydrogen) atoms. The molecule has 7 unspecified atom stereocenters. The molecular formula is C43H57NO11. The smallest absolute Gasteiger partial charge is 0.361 e. The Kier molecular flexibility index (Phi) is 12.5. The van der Waals surface area contributed by atoms with E-state index in [0.717, 1.165) is 12.0 Å². The van der Waals surface area contributed by atoms with Crippen LogP contribution in [0.3, 0.4) is 0 Å². The van der Waals surface area contributed by atoms with Gasteiger partial charge in [0, 0.05) is 43.4 Å². The van der Waals surface area contributed by atoms with Gasteiger partial charge in [-0.3, -0.25) is 4.79 Å². The van der Waals surface area contributed by atoms with Crippen LogP contribution < -0.4 is 0 Å². The summed E-state index contributed by atoms with van der Waals surface area (Å²) in [5, 5.41) is 27.8. The number of esters is 2. The highest BCUT2D eigenvalue weighted by Gasteiger charge is 2.63. The van der Waals surface area contributed by atoms with Crippen molar-refractivity contribution in [3.8, 4) is 0 Å². The van der Waals surface area contributed by atoms with Crippen LogP contribution in [-0.2, 0) is 42.8 Å². The van der Waals surface area contributed by atoms with Crippen molar-refractivity contribution in [3.05, 3.63) is 83.0 Å². The number of hydrogen-bond acceptors (Lipinski definition) is 12. The van der Waals surface area contributed by atoms with Gasteiger partial charge < -0.3 is 43.5 Å². The molecule has 3 saturated heterocycles. The average Bonchev–Trinajstić information content (AvgIpc) is 3.45. The fourth-order valence-electron chi connectivity index (χ4n) is 8.91. The van der Waals surface area contributed by atoms with Crippen molar-refractivity contribution in [2.45, 2.75) is 128 Å². The van der Waals surface area contributed by atoms with Crippen LogP contribution >= 0.6 is 0 Å². The van der Waals surface area contributed by atoms with E-state index >= 15 is 0 Å². The zero-order chi connectivity index (χ0) is 39.7. The lowest BCUT2D eigenvalue weighted by Gasteiger charge is -2.50. The second kappa shape index (κ2) is 16.8. The summed E-state index contributed by atoms with van der Waals surface area (Å²) in [5.41, 5.74) is 0.0875. The van der Waals surface area contributed by atoms with Gasteiger partial charge in [-0.05, 0) is 49.7 Å². The maximum atomic E-state index is 14.4. The predicted octanol–water partition coefficient (Wildman–Crippen LogP) is 5.72. The zero-order valence-corrected chi connectivity index (χ0v) is 33.2. The number of benzene rings is 1. The van der Waals surface area contributed by atoms with Gasteiger partial charge in [-0.2, -0.15) is 0 Å². The summed E-state index contributed by atoms with van der Waals surface area (Å²) < 4.78 is 38.0. The second-order valence-corrected chi connectivity index (χ2v) is 16.1. The van der Waals surface area contributed by atoms with Crippen LogP contribution in [0.15, 0.2) is 82.6 Å². The first-order chi connectivity index (χ1) is 26.2. The Morgan fingerprint density at radius 1 is 1.05 bits per heavy atom. The number of aliphatic hydroxyl groups is 2. The van der Waals surface area contributed by atoms with Crippen LogP contribution in [0.25, 0.3) is 0 Å². The predicted molar refractivity (Wildman–Crippen MR) is 203 cm³/mol. The molecule has 2 N–H and O–H groups in total. The third kappa shape index (κ3) is 8.26. The summed E-state index contributed by atoms with van der Waals surface area (Å²) in [6.07, 6.45) is 6.17. The molecule has 12 heteroatoms. The van der Waals surface area contributed by atoms with Crippen molar-refractivity contribution < 1.29 is 53.1 Å². The highest BCUT2D eigenvalue weighted by Crippen LogP contribution is 2.49. The number of fused-ring (bicyclic) bond motifs is 2. The van der Waals surface area contributed by atoms with Gasteiger partial charge in [-0.15, -0.1) is 0 Å². The van der Waals surface area contributed by atoms with E-state index in [-0.39, 0.29) is 29.2 Å². The standard InChI is InChI=1S/C43H57NO11/c1-24(2)36-27(5)19-20-42(55-36)23-31-22-30(54-42)18-17-26(4)37(52-40(47)34(44-50-8)29-14-10-9-11-15-29)25(3)13-12-16-32-41(49-7)53-38-35(45)28(6)21-33(39(46)51-31)43(32,38)48/h9-17,21,24-25,27,30-31,33,35-38,41,45,48H,18-20,22-23H2,1-8H3/b13-12+,26-17+,32-16+,44-34+/t25-,27-,30?,31?,33?,35+,36?,37?,38?,41+,42?,43+/m0/s1. The molecule has 1 aliphatic carbocycles. The molecule has 300 valence electrons. The van der Waals surface area contributed by atoms with Gasteiger partial charge in [0.05, 0.1) is 12.2 Å². The molecule has 3 fully saturated rings. The zero-order valence-electron chi connectivity index (χ0n) is 33.2. The molecule has 0 radical (unpaired) electrons. The number of aliphatic hydroxyl groups excluding tert-OH is 1. The molecule has 1 aromatic rings. The Bertz CT molecular complexity index is 1720. The third-order valence-corrected chi connectivity index (χ3v) is 11.8. The highest BCUT2D eigenvalue weighted by atomic mass is 16.7. The summed E-state index contributed by atoms with van der Waals surface area (Å²) in [6.45, 7) is 12.0. The largest absolute Gasteiger partial charge is 0.462 e. The summed E-state index contributed by atoms with van der Waals surface area (Å²) in [5.74, 6) is -3.31.